The maximum Gasteiger partial charge on any atom is 0.277 e. The molecule has 3 rings (SSSR count). The number of nitrogens with zero attached hydrogens (tertiary/aromatic N) is 1. The summed E-state index contributed by atoms with van der Waals surface area (Å²) in [5.74, 6) is 0.944. The fraction of sp³-hybridized carbons (Fsp3) is 0.550. The number of rotatable bonds is 5. The lowest BCUT2D eigenvalue weighted by Gasteiger charge is -2.34. The van der Waals surface area contributed by atoms with E-state index in [-0.39, 0.29) is 29.1 Å². The van der Waals surface area contributed by atoms with Gasteiger partial charge in [0.1, 0.15) is 5.75 Å². The van der Waals surface area contributed by atoms with Crippen molar-refractivity contribution in [1.82, 2.24) is 5.43 Å². The van der Waals surface area contributed by atoms with Crippen molar-refractivity contribution >= 4 is 17.4 Å². The minimum atomic E-state index is -0.271. The summed E-state index contributed by atoms with van der Waals surface area (Å²) in [6.07, 6.45) is 3.35. The standard InChI is InChI=1S/C20H26N2O3/c1-13(23)14-5-7-16(8-6-14)25-12-18(24)22-21-17-11-15-9-10-20(17,4)19(15,2)3/h5-8,15H,9-12H2,1-4H3,(H,22,24). The average molecular weight is 342 g/mol. The van der Waals surface area contributed by atoms with Crippen LogP contribution in [0.5, 0.6) is 5.75 Å². The number of hydrogen-bond acceptors (Lipinski definition) is 4. The summed E-state index contributed by atoms with van der Waals surface area (Å²) >= 11 is 0. The first-order chi connectivity index (χ1) is 11.7. The lowest BCUT2D eigenvalue weighted by Crippen LogP contribution is -2.35. The molecule has 2 bridgehead atoms. The van der Waals surface area contributed by atoms with Gasteiger partial charge in [-0.15, -0.1) is 0 Å². The van der Waals surface area contributed by atoms with E-state index in [1.165, 1.54) is 13.3 Å². The quantitative estimate of drug-likeness (QED) is 0.657. The number of amides is 1. The number of ether oxygens (including phenoxy) is 1. The van der Waals surface area contributed by atoms with Gasteiger partial charge in [-0.1, -0.05) is 20.8 Å². The van der Waals surface area contributed by atoms with Crippen molar-refractivity contribution in [3.8, 4) is 5.75 Å². The molecule has 0 heterocycles. The summed E-state index contributed by atoms with van der Waals surface area (Å²) in [6, 6.07) is 6.76. The van der Waals surface area contributed by atoms with Crippen LogP contribution in [0.2, 0.25) is 0 Å². The van der Waals surface area contributed by atoms with Crippen molar-refractivity contribution < 1.29 is 14.3 Å². The molecule has 134 valence electrons. The first-order valence-electron chi connectivity index (χ1n) is 8.84. The SMILES string of the molecule is CC(=O)c1ccc(OCC(=O)NN=C2CC3CCC2(C)C3(C)C)cc1. The van der Waals surface area contributed by atoms with Crippen LogP contribution in [0.3, 0.4) is 0 Å². The predicted octanol–water partition coefficient (Wildman–Crippen LogP) is 3.59. The molecule has 0 aromatic heterocycles. The van der Waals surface area contributed by atoms with Gasteiger partial charge in [-0.05, 0) is 61.8 Å². The Balaban J connectivity index is 1.54. The molecule has 25 heavy (non-hydrogen) atoms. The Bertz CT molecular complexity index is 721. The lowest BCUT2D eigenvalue weighted by atomic mass is 9.70. The topological polar surface area (TPSA) is 67.8 Å². The van der Waals surface area contributed by atoms with E-state index in [0.29, 0.717) is 17.2 Å². The Morgan fingerprint density at radius 3 is 2.44 bits per heavy atom. The molecule has 2 aliphatic rings. The van der Waals surface area contributed by atoms with Crippen molar-refractivity contribution in [3.63, 3.8) is 0 Å². The molecule has 0 spiro atoms. The summed E-state index contributed by atoms with van der Waals surface area (Å²) in [5, 5.41) is 4.42. The zero-order valence-corrected chi connectivity index (χ0v) is 15.4. The van der Waals surface area contributed by atoms with E-state index in [2.05, 4.69) is 31.3 Å². The molecule has 2 aliphatic carbocycles. The normalized spacial score (nSPS) is 28.2. The largest absolute Gasteiger partial charge is 0.484 e. The first-order valence-corrected chi connectivity index (χ1v) is 8.84. The van der Waals surface area contributed by atoms with Gasteiger partial charge in [0.15, 0.2) is 12.4 Å². The monoisotopic (exact) mass is 342 g/mol. The molecule has 1 N–H and O–H groups in total. The minimum absolute atomic E-state index is 0.00222. The molecule has 2 fully saturated rings. The van der Waals surface area contributed by atoms with Gasteiger partial charge in [-0.3, -0.25) is 9.59 Å². The van der Waals surface area contributed by atoms with Crippen molar-refractivity contribution in [2.24, 2.45) is 21.8 Å². The van der Waals surface area contributed by atoms with E-state index in [1.54, 1.807) is 24.3 Å². The molecule has 5 nitrogen and oxygen atoms in total. The Hall–Kier alpha value is -2.17. The van der Waals surface area contributed by atoms with Gasteiger partial charge in [0, 0.05) is 16.7 Å². The molecular formula is C20H26N2O3. The van der Waals surface area contributed by atoms with E-state index in [9.17, 15) is 9.59 Å². The van der Waals surface area contributed by atoms with Gasteiger partial charge in [0.25, 0.3) is 5.91 Å². The van der Waals surface area contributed by atoms with Crippen LogP contribution in [0.15, 0.2) is 29.4 Å². The van der Waals surface area contributed by atoms with Crippen LogP contribution in [-0.2, 0) is 4.79 Å². The van der Waals surface area contributed by atoms with Gasteiger partial charge in [-0.25, -0.2) is 5.43 Å². The van der Waals surface area contributed by atoms with Gasteiger partial charge in [0.05, 0.1) is 0 Å². The van der Waals surface area contributed by atoms with E-state index in [0.717, 1.165) is 18.6 Å². The van der Waals surface area contributed by atoms with Gasteiger partial charge in [0.2, 0.25) is 0 Å². The van der Waals surface area contributed by atoms with Crippen LogP contribution < -0.4 is 10.2 Å². The fourth-order valence-corrected chi connectivity index (χ4v) is 4.19. The van der Waals surface area contributed by atoms with Crippen molar-refractivity contribution in [1.29, 1.82) is 0 Å². The van der Waals surface area contributed by atoms with Crippen molar-refractivity contribution in [2.45, 2.75) is 47.0 Å². The highest BCUT2D eigenvalue weighted by molar-refractivity contribution is 5.95. The molecule has 1 aromatic rings. The highest BCUT2D eigenvalue weighted by atomic mass is 16.5. The van der Waals surface area contributed by atoms with Crippen LogP contribution >= 0.6 is 0 Å². The number of benzene rings is 1. The molecule has 1 amide bonds. The Morgan fingerprint density at radius 1 is 1.24 bits per heavy atom. The Morgan fingerprint density at radius 2 is 1.92 bits per heavy atom. The number of ketones is 1. The molecule has 5 heteroatoms. The molecular weight excluding hydrogens is 316 g/mol. The number of fused-ring (bicyclic) bond motifs is 2. The molecule has 0 radical (unpaired) electrons. The third-order valence-electron chi connectivity index (χ3n) is 6.46. The lowest BCUT2D eigenvalue weighted by molar-refractivity contribution is -0.123. The van der Waals surface area contributed by atoms with Crippen LogP contribution in [-0.4, -0.2) is 24.0 Å². The smallest absolute Gasteiger partial charge is 0.277 e. The number of hydrazone groups is 1. The molecule has 2 atom stereocenters. The second kappa shape index (κ2) is 6.28. The Kier molecular flexibility index (Phi) is 4.43. The molecule has 1 aromatic carbocycles. The third-order valence-corrected chi connectivity index (χ3v) is 6.46. The predicted molar refractivity (Wildman–Crippen MR) is 96.7 cm³/mol. The van der Waals surface area contributed by atoms with Crippen LogP contribution in [0, 0.1) is 16.7 Å². The maximum absolute atomic E-state index is 12.0. The number of carbonyl (C=O) groups is 2. The highest BCUT2D eigenvalue weighted by Gasteiger charge is 2.59. The van der Waals surface area contributed by atoms with E-state index < -0.39 is 0 Å². The van der Waals surface area contributed by atoms with Gasteiger partial charge in [-0.2, -0.15) is 5.10 Å². The molecule has 0 aliphatic heterocycles. The second-order valence-electron chi connectivity index (χ2n) is 7.96. The molecule has 2 unspecified atom stereocenters. The average Bonchev–Trinajstić information content (AvgIpc) is 2.91. The molecule has 2 saturated carbocycles. The maximum atomic E-state index is 12.0. The summed E-state index contributed by atoms with van der Waals surface area (Å²) in [5.41, 5.74) is 4.69. The number of carbonyl (C=O) groups excluding carboxylic acids is 2. The van der Waals surface area contributed by atoms with Crippen LogP contribution in [0.25, 0.3) is 0 Å². The zero-order chi connectivity index (χ0) is 18.2. The minimum Gasteiger partial charge on any atom is -0.484 e. The number of nitrogens with one attached hydrogen (secondary N) is 1. The number of Topliss-reactive ketones (excluding diaryl/α,β-unsaturated/α-hetero) is 1. The van der Waals surface area contributed by atoms with Crippen molar-refractivity contribution in [2.75, 3.05) is 6.61 Å². The Labute approximate surface area is 148 Å². The van der Waals surface area contributed by atoms with E-state index in [1.807, 2.05) is 0 Å². The van der Waals surface area contributed by atoms with Crippen LogP contribution in [0.4, 0.5) is 0 Å². The summed E-state index contributed by atoms with van der Waals surface area (Å²) in [4.78, 5) is 23.3. The molecule has 0 saturated heterocycles. The summed E-state index contributed by atoms with van der Waals surface area (Å²) < 4.78 is 5.45. The van der Waals surface area contributed by atoms with E-state index >= 15 is 0 Å². The third kappa shape index (κ3) is 3.08. The second-order valence-corrected chi connectivity index (χ2v) is 7.96. The fourth-order valence-electron chi connectivity index (χ4n) is 4.19. The van der Waals surface area contributed by atoms with Crippen molar-refractivity contribution in [3.05, 3.63) is 29.8 Å². The summed E-state index contributed by atoms with van der Waals surface area (Å²) in [7, 11) is 0. The first kappa shape index (κ1) is 17.6. The summed E-state index contributed by atoms with van der Waals surface area (Å²) in [6.45, 7) is 8.30. The van der Waals surface area contributed by atoms with E-state index in [4.69, 9.17) is 4.74 Å². The van der Waals surface area contributed by atoms with Gasteiger partial charge < -0.3 is 4.74 Å². The van der Waals surface area contributed by atoms with Crippen LogP contribution in [0.1, 0.15) is 57.3 Å². The number of hydrogen-bond donors (Lipinski definition) is 1. The highest BCUT2D eigenvalue weighted by Crippen LogP contribution is 2.63. The zero-order valence-electron chi connectivity index (χ0n) is 15.4. The van der Waals surface area contributed by atoms with Gasteiger partial charge >= 0.3 is 0 Å².